The smallest absolute Gasteiger partial charge is 0.349 e. The third-order valence-corrected chi connectivity index (χ3v) is 3.38. The van der Waals surface area contributed by atoms with Gasteiger partial charge in [0, 0.05) is 0 Å². The molecule has 0 fully saturated rings. The van der Waals surface area contributed by atoms with Crippen LogP contribution in [0.25, 0.3) is 11.1 Å². The van der Waals surface area contributed by atoms with Crippen molar-refractivity contribution in [3.63, 3.8) is 0 Å². The van der Waals surface area contributed by atoms with Crippen molar-refractivity contribution in [2.45, 2.75) is 13.0 Å². The number of carbonyl (C=O) groups excluding carboxylic acids is 1. The maximum Gasteiger partial charge on any atom is 0.349 e. The lowest BCUT2D eigenvalue weighted by Gasteiger charge is -2.26. The molecule has 1 aliphatic rings. The summed E-state index contributed by atoms with van der Waals surface area (Å²) in [5.41, 5.74) is 3.16. The van der Waals surface area contributed by atoms with E-state index in [2.05, 4.69) is 17.4 Å². The summed E-state index contributed by atoms with van der Waals surface area (Å²) in [5.74, 6) is 0.349. The maximum atomic E-state index is 11.7. The van der Waals surface area contributed by atoms with Crippen molar-refractivity contribution in [3.05, 3.63) is 48.5 Å². The number of benzene rings is 2. The van der Waals surface area contributed by atoms with Crippen molar-refractivity contribution in [3.8, 4) is 16.9 Å². The first-order valence-electron chi connectivity index (χ1n) is 7.04. The van der Waals surface area contributed by atoms with E-state index < -0.39 is 6.10 Å². The van der Waals surface area contributed by atoms with Crippen LogP contribution in [0.2, 0.25) is 0 Å². The highest BCUT2D eigenvalue weighted by Crippen LogP contribution is 2.33. The third-order valence-electron chi connectivity index (χ3n) is 3.38. The second kappa shape index (κ2) is 5.87. The number of hydrogen-bond donors (Lipinski definition) is 1. The summed E-state index contributed by atoms with van der Waals surface area (Å²) < 4.78 is 10.7. The standard InChI is InChI=1S/C17H17NO3/c1-2-20-17(19)16-11-18-14-10-13(8-9-15(14)21-16)12-6-4-3-5-7-12/h3-10,16,18H,2,11H2,1H3. The van der Waals surface area contributed by atoms with E-state index >= 15 is 0 Å². The summed E-state index contributed by atoms with van der Waals surface area (Å²) in [5, 5.41) is 3.24. The van der Waals surface area contributed by atoms with Gasteiger partial charge in [-0.05, 0) is 30.2 Å². The highest BCUT2D eigenvalue weighted by Gasteiger charge is 2.27. The summed E-state index contributed by atoms with van der Waals surface area (Å²) in [6.07, 6.45) is -0.583. The number of hydrogen-bond acceptors (Lipinski definition) is 4. The highest BCUT2D eigenvalue weighted by molar-refractivity contribution is 5.79. The first kappa shape index (κ1) is 13.5. The zero-order valence-corrected chi connectivity index (χ0v) is 11.8. The fourth-order valence-electron chi connectivity index (χ4n) is 2.35. The maximum absolute atomic E-state index is 11.7. The van der Waals surface area contributed by atoms with Gasteiger partial charge in [0.05, 0.1) is 18.8 Å². The Hall–Kier alpha value is -2.49. The fourth-order valence-corrected chi connectivity index (χ4v) is 2.35. The van der Waals surface area contributed by atoms with Crippen LogP contribution in [0.15, 0.2) is 48.5 Å². The predicted molar refractivity (Wildman–Crippen MR) is 81.4 cm³/mol. The van der Waals surface area contributed by atoms with Gasteiger partial charge in [0.1, 0.15) is 5.75 Å². The molecule has 1 N–H and O–H groups in total. The molecule has 1 unspecified atom stereocenters. The van der Waals surface area contributed by atoms with Crippen LogP contribution in [0.5, 0.6) is 5.75 Å². The third kappa shape index (κ3) is 2.84. The molecule has 21 heavy (non-hydrogen) atoms. The van der Waals surface area contributed by atoms with Crippen LogP contribution in [-0.2, 0) is 9.53 Å². The molecule has 4 nitrogen and oxygen atoms in total. The van der Waals surface area contributed by atoms with E-state index in [9.17, 15) is 4.79 Å². The van der Waals surface area contributed by atoms with Crippen molar-refractivity contribution < 1.29 is 14.3 Å². The van der Waals surface area contributed by atoms with E-state index in [4.69, 9.17) is 9.47 Å². The molecule has 1 aliphatic heterocycles. The number of esters is 1. The molecule has 1 heterocycles. The Morgan fingerprint density at radius 3 is 2.81 bits per heavy atom. The molecule has 0 aromatic heterocycles. The zero-order chi connectivity index (χ0) is 14.7. The molecule has 4 heteroatoms. The molecule has 0 saturated heterocycles. The molecule has 1 atom stereocenters. The predicted octanol–water partition coefficient (Wildman–Crippen LogP) is 3.09. The van der Waals surface area contributed by atoms with E-state index in [1.165, 1.54) is 0 Å². The monoisotopic (exact) mass is 283 g/mol. The van der Waals surface area contributed by atoms with Crippen molar-refractivity contribution in [1.29, 1.82) is 0 Å². The van der Waals surface area contributed by atoms with Gasteiger partial charge in [0.25, 0.3) is 0 Å². The first-order chi connectivity index (χ1) is 10.3. The molecule has 2 aromatic carbocycles. The van der Waals surface area contributed by atoms with Gasteiger partial charge < -0.3 is 14.8 Å². The van der Waals surface area contributed by atoms with Gasteiger partial charge in [0.15, 0.2) is 0 Å². The Labute approximate surface area is 123 Å². The summed E-state index contributed by atoms with van der Waals surface area (Å²) in [4.78, 5) is 11.7. The zero-order valence-electron chi connectivity index (χ0n) is 11.8. The minimum Gasteiger partial charge on any atom is -0.475 e. The number of ether oxygens (including phenoxy) is 2. The Kier molecular flexibility index (Phi) is 3.77. The van der Waals surface area contributed by atoms with Gasteiger partial charge in [-0.3, -0.25) is 0 Å². The van der Waals surface area contributed by atoms with Crippen molar-refractivity contribution in [1.82, 2.24) is 0 Å². The molecular weight excluding hydrogens is 266 g/mol. The van der Waals surface area contributed by atoms with Crippen LogP contribution in [0.4, 0.5) is 5.69 Å². The van der Waals surface area contributed by atoms with E-state index in [0.717, 1.165) is 16.8 Å². The fraction of sp³-hybridized carbons (Fsp3) is 0.235. The Morgan fingerprint density at radius 2 is 2.05 bits per heavy atom. The average Bonchev–Trinajstić information content (AvgIpc) is 2.55. The molecule has 108 valence electrons. The number of nitrogens with one attached hydrogen (secondary N) is 1. The van der Waals surface area contributed by atoms with Crippen LogP contribution in [0.3, 0.4) is 0 Å². The first-order valence-corrected chi connectivity index (χ1v) is 7.04. The SMILES string of the molecule is CCOC(=O)C1CNc2cc(-c3ccccc3)ccc2O1. The molecule has 3 rings (SSSR count). The van der Waals surface area contributed by atoms with E-state index in [-0.39, 0.29) is 5.97 Å². The molecular formula is C17H17NO3. The molecule has 0 amide bonds. The highest BCUT2D eigenvalue weighted by atomic mass is 16.6. The van der Waals surface area contributed by atoms with Gasteiger partial charge >= 0.3 is 5.97 Å². The second-order valence-electron chi connectivity index (χ2n) is 4.82. The van der Waals surface area contributed by atoms with Gasteiger partial charge in [-0.15, -0.1) is 0 Å². The summed E-state index contributed by atoms with van der Waals surface area (Å²) in [6, 6.07) is 16.0. The molecule has 0 bridgehead atoms. The van der Waals surface area contributed by atoms with Crippen LogP contribution in [0.1, 0.15) is 6.92 Å². The van der Waals surface area contributed by atoms with Gasteiger partial charge in [-0.25, -0.2) is 4.79 Å². The van der Waals surface area contributed by atoms with Crippen LogP contribution in [-0.4, -0.2) is 25.2 Å². The van der Waals surface area contributed by atoms with E-state index in [1.54, 1.807) is 6.92 Å². The quantitative estimate of drug-likeness (QED) is 0.879. The van der Waals surface area contributed by atoms with Crippen molar-refractivity contribution in [2.75, 3.05) is 18.5 Å². The van der Waals surface area contributed by atoms with Crippen LogP contribution < -0.4 is 10.1 Å². The summed E-state index contributed by atoms with van der Waals surface area (Å²) in [7, 11) is 0. The van der Waals surface area contributed by atoms with E-state index in [0.29, 0.717) is 18.9 Å². The molecule has 0 radical (unpaired) electrons. The van der Waals surface area contributed by atoms with Crippen LogP contribution >= 0.6 is 0 Å². The molecule has 0 saturated carbocycles. The lowest BCUT2D eigenvalue weighted by molar-refractivity contribution is -0.150. The Bertz CT molecular complexity index is 640. The largest absolute Gasteiger partial charge is 0.475 e. The average molecular weight is 283 g/mol. The number of fused-ring (bicyclic) bond motifs is 1. The van der Waals surface area contributed by atoms with Crippen molar-refractivity contribution in [2.24, 2.45) is 0 Å². The molecule has 2 aromatic rings. The minimum atomic E-state index is -0.583. The Balaban J connectivity index is 1.81. The van der Waals surface area contributed by atoms with Crippen LogP contribution in [0, 0.1) is 0 Å². The lowest BCUT2D eigenvalue weighted by atomic mass is 10.0. The molecule has 0 spiro atoms. The Morgan fingerprint density at radius 1 is 1.24 bits per heavy atom. The van der Waals surface area contributed by atoms with Gasteiger partial charge in [-0.2, -0.15) is 0 Å². The number of anilines is 1. The summed E-state index contributed by atoms with van der Waals surface area (Å²) >= 11 is 0. The normalized spacial score (nSPS) is 16.3. The topological polar surface area (TPSA) is 47.6 Å². The molecule has 0 aliphatic carbocycles. The van der Waals surface area contributed by atoms with Gasteiger partial charge in [0.2, 0.25) is 6.10 Å². The number of carbonyl (C=O) groups is 1. The second-order valence-corrected chi connectivity index (χ2v) is 4.82. The van der Waals surface area contributed by atoms with Crippen molar-refractivity contribution >= 4 is 11.7 Å². The van der Waals surface area contributed by atoms with Gasteiger partial charge in [-0.1, -0.05) is 36.4 Å². The summed E-state index contributed by atoms with van der Waals surface area (Å²) in [6.45, 7) is 2.57. The number of rotatable bonds is 3. The minimum absolute atomic E-state index is 0.331. The lowest BCUT2D eigenvalue weighted by Crippen LogP contribution is -2.38. The van der Waals surface area contributed by atoms with E-state index in [1.807, 2.05) is 36.4 Å².